The predicted molar refractivity (Wildman–Crippen MR) is 77.3 cm³/mol. The van der Waals surface area contributed by atoms with Crippen molar-refractivity contribution in [3.8, 4) is 11.5 Å². The SMILES string of the molecule is C=C(C)C(=O)Oc1ccc(OC(=O)CCC(F)(F)C(C)(F)F)cc1. The number of carbonyl (C=O) groups excluding carboxylic acids is 2. The molecule has 0 saturated carbocycles. The lowest BCUT2D eigenvalue weighted by molar-refractivity contribution is -0.202. The van der Waals surface area contributed by atoms with Crippen molar-refractivity contribution >= 4 is 11.9 Å². The number of benzene rings is 1. The topological polar surface area (TPSA) is 52.6 Å². The van der Waals surface area contributed by atoms with E-state index in [9.17, 15) is 27.2 Å². The van der Waals surface area contributed by atoms with E-state index in [1.807, 2.05) is 0 Å². The molecule has 4 nitrogen and oxygen atoms in total. The number of esters is 2. The zero-order valence-electron chi connectivity index (χ0n) is 13.1. The van der Waals surface area contributed by atoms with Crippen LogP contribution in [0.25, 0.3) is 0 Å². The minimum atomic E-state index is -4.30. The van der Waals surface area contributed by atoms with E-state index < -0.39 is 36.6 Å². The summed E-state index contributed by atoms with van der Waals surface area (Å²) in [5.41, 5.74) is 0.194. The van der Waals surface area contributed by atoms with Gasteiger partial charge < -0.3 is 9.47 Å². The van der Waals surface area contributed by atoms with E-state index in [0.29, 0.717) is 0 Å². The second kappa shape index (κ2) is 7.46. The van der Waals surface area contributed by atoms with E-state index in [0.717, 1.165) is 0 Å². The zero-order valence-corrected chi connectivity index (χ0v) is 13.1. The molecule has 1 rings (SSSR count). The summed E-state index contributed by atoms with van der Waals surface area (Å²) < 4.78 is 61.0. The highest BCUT2D eigenvalue weighted by atomic mass is 19.3. The fourth-order valence-corrected chi connectivity index (χ4v) is 1.43. The van der Waals surface area contributed by atoms with Crippen LogP contribution in [0.5, 0.6) is 11.5 Å². The Morgan fingerprint density at radius 3 is 1.92 bits per heavy atom. The number of hydrogen-bond donors (Lipinski definition) is 0. The smallest absolute Gasteiger partial charge is 0.338 e. The van der Waals surface area contributed by atoms with Crippen molar-refractivity contribution in [2.24, 2.45) is 0 Å². The van der Waals surface area contributed by atoms with Crippen molar-refractivity contribution in [2.45, 2.75) is 38.5 Å². The molecular formula is C16H16F4O4. The minimum absolute atomic E-state index is 0.00157. The first-order valence-electron chi connectivity index (χ1n) is 6.86. The average Bonchev–Trinajstić information content (AvgIpc) is 2.46. The maximum absolute atomic E-state index is 13.1. The van der Waals surface area contributed by atoms with Gasteiger partial charge in [0.25, 0.3) is 0 Å². The van der Waals surface area contributed by atoms with Gasteiger partial charge in [0.1, 0.15) is 11.5 Å². The van der Waals surface area contributed by atoms with Crippen LogP contribution in [0.4, 0.5) is 17.6 Å². The summed E-state index contributed by atoms with van der Waals surface area (Å²) in [7, 11) is 0. The zero-order chi connectivity index (χ0) is 18.5. The van der Waals surface area contributed by atoms with Crippen LogP contribution in [0, 0.1) is 0 Å². The lowest BCUT2D eigenvalue weighted by Gasteiger charge is -2.22. The maximum atomic E-state index is 13.1. The summed E-state index contributed by atoms with van der Waals surface area (Å²) in [5, 5.41) is 0. The number of halogens is 4. The molecule has 0 heterocycles. The Labute approximate surface area is 136 Å². The molecule has 1 aromatic carbocycles. The molecule has 24 heavy (non-hydrogen) atoms. The van der Waals surface area contributed by atoms with Crippen LogP contribution in [-0.2, 0) is 9.59 Å². The largest absolute Gasteiger partial charge is 0.427 e. The second-order valence-electron chi connectivity index (χ2n) is 5.21. The van der Waals surface area contributed by atoms with Crippen LogP contribution >= 0.6 is 0 Å². The third-order valence-electron chi connectivity index (χ3n) is 2.90. The molecule has 8 heteroatoms. The maximum Gasteiger partial charge on any atom is 0.338 e. The molecule has 0 unspecified atom stereocenters. The van der Waals surface area contributed by atoms with Gasteiger partial charge in [0.05, 0.1) is 6.42 Å². The predicted octanol–water partition coefficient (Wildman–Crippen LogP) is 4.14. The highest BCUT2D eigenvalue weighted by Gasteiger charge is 2.51. The number of rotatable bonds is 7. The first kappa shape index (κ1) is 19.7. The van der Waals surface area contributed by atoms with Crippen LogP contribution in [0.15, 0.2) is 36.4 Å². The van der Waals surface area contributed by atoms with Gasteiger partial charge in [-0.1, -0.05) is 6.58 Å². The first-order chi connectivity index (χ1) is 10.9. The van der Waals surface area contributed by atoms with E-state index >= 15 is 0 Å². The Morgan fingerprint density at radius 2 is 1.50 bits per heavy atom. The molecule has 0 aliphatic rings. The van der Waals surface area contributed by atoms with Gasteiger partial charge in [0.15, 0.2) is 0 Å². The Hall–Kier alpha value is -2.38. The summed E-state index contributed by atoms with van der Waals surface area (Å²) in [6.07, 6.45) is -2.20. The Bertz CT molecular complexity index is 618. The number of hydrogen-bond acceptors (Lipinski definition) is 4. The van der Waals surface area contributed by atoms with E-state index in [1.165, 1.54) is 31.2 Å². The molecule has 0 spiro atoms. The summed E-state index contributed by atoms with van der Waals surface area (Å²) in [6, 6.07) is 5.17. The lowest BCUT2D eigenvalue weighted by Crippen LogP contribution is -2.38. The lowest BCUT2D eigenvalue weighted by atomic mass is 10.1. The normalized spacial score (nSPS) is 11.8. The van der Waals surface area contributed by atoms with Crippen molar-refractivity contribution in [1.29, 1.82) is 0 Å². The number of alkyl halides is 4. The molecular weight excluding hydrogens is 332 g/mol. The third-order valence-corrected chi connectivity index (χ3v) is 2.90. The van der Waals surface area contributed by atoms with Crippen LogP contribution < -0.4 is 9.47 Å². The van der Waals surface area contributed by atoms with Crippen molar-refractivity contribution < 1.29 is 36.6 Å². The molecule has 0 saturated heterocycles. The molecule has 0 atom stereocenters. The van der Waals surface area contributed by atoms with Crippen molar-refractivity contribution in [2.75, 3.05) is 0 Å². The Balaban J connectivity index is 2.56. The first-order valence-corrected chi connectivity index (χ1v) is 6.86. The summed E-state index contributed by atoms with van der Waals surface area (Å²) in [4.78, 5) is 22.7. The van der Waals surface area contributed by atoms with Crippen LogP contribution in [-0.4, -0.2) is 23.8 Å². The van der Waals surface area contributed by atoms with Gasteiger partial charge >= 0.3 is 23.8 Å². The molecule has 0 bridgehead atoms. The second-order valence-corrected chi connectivity index (χ2v) is 5.21. The molecule has 0 aliphatic carbocycles. The van der Waals surface area contributed by atoms with Gasteiger partial charge in [-0.15, -0.1) is 0 Å². The van der Waals surface area contributed by atoms with Crippen molar-refractivity contribution in [3.63, 3.8) is 0 Å². The van der Waals surface area contributed by atoms with Gasteiger partial charge in [0.2, 0.25) is 0 Å². The monoisotopic (exact) mass is 348 g/mol. The molecule has 0 aliphatic heterocycles. The molecule has 132 valence electrons. The number of carbonyl (C=O) groups is 2. The summed E-state index contributed by atoms with van der Waals surface area (Å²) in [5.74, 6) is -10.1. The van der Waals surface area contributed by atoms with Gasteiger partial charge in [-0.2, -0.15) is 8.78 Å². The van der Waals surface area contributed by atoms with E-state index in [4.69, 9.17) is 9.47 Å². The minimum Gasteiger partial charge on any atom is -0.427 e. The van der Waals surface area contributed by atoms with Crippen molar-refractivity contribution in [3.05, 3.63) is 36.4 Å². The summed E-state index contributed by atoms with van der Waals surface area (Å²) >= 11 is 0. The van der Waals surface area contributed by atoms with Gasteiger partial charge in [-0.25, -0.2) is 13.6 Å². The highest BCUT2D eigenvalue weighted by Crippen LogP contribution is 2.37. The standard InChI is InChI=1S/C16H16F4O4/c1-10(2)14(22)24-12-6-4-11(5-7-12)23-13(21)8-9-16(19,20)15(3,17)18/h4-7H,1,8-9H2,2-3H3. The van der Waals surface area contributed by atoms with E-state index in [-0.39, 0.29) is 24.0 Å². The molecule has 0 aromatic heterocycles. The van der Waals surface area contributed by atoms with Crippen LogP contribution in [0.1, 0.15) is 26.7 Å². The molecule has 1 aromatic rings. The number of ether oxygens (including phenoxy) is 2. The van der Waals surface area contributed by atoms with E-state index in [1.54, 1.807) is 0 Å². The molecule has 0 fully saturated rings. The highest BCUT2D eigenvalue weighted by molar-refractivity contribution is 5.88. The molecule has 0 radical (unpaired) electrons. The van der Waals surface area contributed by atoms with E-state index in [2.05, 4.69) is 6.58 Å². The quantitative estimate of drug-likeness (QED) is 0.322. The molecule has 0 N–H and O–H groups in total. The van der Waals surface area contributed by atoms with Gasteiger partial charge in [0, 0.05) is 18.9 Å². The third kappa shape index (κ3) is 5.68. The fraction of sp³-hybridized carbons (Fsp3) is 0.375. The average molecular weight is 348 g/mol. The molecule has 0 amide bonds. The Morgan fingerprint density at radius 1 is 1.04 bits per heavy atom. The van der Waals surface area contributed by atoms with Gasteiger partial charge in [-0.05, 0) is 31.2 Å². The summed E-state index contributed by atoms with van der Waals surface area (Å²) in [6.45, 7) is 4.96. The Kier molecular flexibility index (Phi) is 6.11. The van der Waals surface area contributed by atoms with Gasteiger partial charge in [-0.3, -0.25) is 4.79 Å². The van der Waals surface area contributed by atoms with Crippen LogP contribution in [0.2, 0.25) is 0 Å². The van der Waals surface area contributed by atoms with Crippen molar-refractivity contribution in [1.82, 2.24) is 0 Å². The van der Waals surface area contributed by atoms with Crippen LogP contribution in [0.3, 0.4) is 0 Å². The fourth-order valence-electron chi connectivity index (χ4n) is 1.43.